The van der Waals surface area contributed by atoms with Gasteiger partial charge in [0.15, 0.2) is 0 Å². The molecule has 0 bridgehead atoms. The molecule has 1 aliphatic rings. The van der Waals surface area contributed by atoms with E-state index in [9.17, 15) is 17.6 Å². The number of hydrogen-bond acceptors (Lipinski definition) is 4. The van der Waals surface area contributed by atoms with Gasteiger partial charge in [0, 0.05) is 12.1 Å². The molecule has 0 radical (unpaired) electrons. The van der Waals surface area contributed by atoms with Crippen molar-refractivity contribution < 1.29 is 17.6 Å². The van der Waals surface area contributed by atoms with Crippen LogP contribution in [0.25, 0.3) is 0 Å². The van der Waals surface area contributed by atoms with Crippen LogP contribution in [-0.2, 0) is 21.2 Å². The van der Waals surface area contributed by atoms with Crippen molar-refractivity contribution in [1.82, 2.24) is 10.0 Å². The Morgan fingerprint density at radius 2 is 1.82 bits per heavy atom. The van der Waals surface area contributed by atoms with Gasteiger partial charge in [-0.05, 0) is 36.1 Å². The van der Waals surface area contributed by atoms with E-state index in [1.165, 1.54) is 12.1 Å². The van der Waals surface area contributed by atoms with Crippen molar-refractivity contribution in [2.45, 2.75) is 31.2 Å². The molecular weight excluding hydrogens is 381 g/mol. The smallest absolute Gasteiger partial charge is 0.263 e. The summed E-state index contributed by atoms with van der Waals surface area (Å²) in [4.78, 5) is 17.2. The third-order valence-corrected chi connectivity index (χ3v) is 5.88. The standard InChI is InChI=1S/C20H22FN3O3S/c1-13(2)18(20(25)22-12-11-14-7-3-5-9-16(14)21)23-19-15-8-4-6-10-17(15)28(26,27)24-19/h3-10,13,18H,11-12H2,1-2H3,(H,22,25)(H,23,24)/t18-/m0/s1. The number of carbonyl (C=O) groups is 1. The Morgan fingerprint density at radius 3 is 2.54 bits per heavy atom. The van der Waals surface area contributed by atoms with E-state index in [0.29, 0.717) is 17.5 Å². The number of hydrogen-bond donors (Lipinski definition) is 2. The molecule has 0 aromatic heterocycles. The summed E-state index contributed by atoms with van der Waals surface area (Å²) in [6, 6.07) is 12.1. The van der Waals surface area contributed by atoms with Crippen LogP contribution in [0.15, 0.2) is 58.4 Å². The third kappa shape index (κ3) is 4.22. The molecule has 0 aliphatic carbocycles. The molecule has 1 atom stereocenters. The minimum absolute atomic E-state index is 0.149. The van der Waals surface area contributed by atoms with Gasteiger partial charge in [-0.1, -0.05) is 44.2 Å². The van der Waals surface area contributed by atoms with E-state index in [1.807, 2.05) is 13.8 Å². The van der Waals surface area contributed by atoms with Gasteiger partial charge < -0.3 is 5.32 Å². The molecule has 1 heterocycles. The number of amides is 1. The molecule has 2 aromatic carbocycles. The highest BCUT2D eigenvalue weighted by atomic mass is 32.2. The first-order valence-corrected chi connectivity index (χ1v) is 10.5. The summed E-state index contributed by atoms with van der Waals surface area (Å²) in [5.41, 5.74) is 0.972. The van der Waals surface area contributed by atoms with E-state index in [-0.39, 0.29) is 34.9 Å². The predicted molar refractivity (Wildman–Crippen MR) is 105 cm³/mol. The Hall–Kier alpha value is -2.74. The van der Waals surface area contributed by atoms with Crippen molar-refractivity contribution >= 4 is 21.8 Å². The monoisotopic (exact) mass is 403 g/mol. The molecule has 0 fully saturated rings. The Morgan fingerprint density at radius 1 is 1.14 bits per heavy atom. The molecular formula is C20H22FN3O3S. The quantitative estimate of drug-likeness (QED) is 0.776. The number of amidine groups is 1. The van der Waals surface area contributed by atoms with E-state index in [2.05, 4.69) is 15.0 Å². The van der Waals surface area contributed by atoms with E-state index < -0.39 is 16.1 Å². The third-order valence-electron chi connectivity index (χ3n) is 4.48. The number of halogens is 1. The average Bonchev–Trinajstić information content (AvgIpc) is 2.91. The van der Waals surface area contributed by atoms with Crippen LogP contribution in [-0.4, -0.2) is 32.7 Å². The summed E-state index contributed by atoms with van der Waals surface area (Å²) in [6.45, 7) is 3.93. The molecule has 0 saturated heterocycles. The van der Waals surface area contributed by atoms with Crippen LogP contribution < -0.4 is 10.0 Å². The topological polar surface area (TPSA) is 87.6 Å². The lowest BCUT2D eigenvalue weighted by atomic mass is 10.0. The Balaban J connectivity index is 1.74. The molecule has 3 rings (SSSR count). The van der Waals surface area contributed by atoms with E-state index in [0.717, 1.165) is 0 Å². The van der Waals surface area contributed by atoms with Gasteiger partial charge in [-0.3, -0.25) is 14.5 Å². The summed E-state index contributed by atoms with van der Waals surface area (Å²) in [6.07, 6.45) is 0.356. The number of fused-ring (bicyclic) bond motifs is 1. The molecule has 0 spiro atoms. The van der Waals surface area contributed by atoms with Crippen LogP contribution in [0.2, 0.25) is 0 Å². The molecule has 2 aromatic rings. The lowest BCUT2D eigenvalue weighted by Crippen LogP contribution is -2.39. The van der Waals surface area contributed by atoms with E-state index >= 15 is 0 Å². The highest BCUT2D eigenvalue weighted by Crippen LogP contribution is 2.23. The summed E-state index contributed by atoms with van der Waals surface area (Å²) < 4.78 is 40.5. The first kappa shape index (κ1) is 20.0. The van der Waals surface area contributed by atoms with Crippen molar-refractivity contribution in [2.75, 3.05) is 6.54 Å². The predicted octanol–water partition coefficient (Wildman–Crippen LogP) is 2.25. The molecule has 2 N–H and O–H groups in total. The van der Waals surface area contributed by atoms with Gasteiger partial charge in [0.2, 0.25) is 5.91 Å². The number of nitrogens with zero attached hydrogens (tertiary/aromatic N) is 1. The fourth-order valence-corrected chi connectivity index (χ4v) is 4.24. The van der Waals surface area contributed by atoms with Crippen molar-refractivity contribution in [2.24, 2.45) is 10.9 Å². The van der Waals surface area contributed by atoms with Crippen LogP contribution >= 0.6 is 0 Å². The van der Waals surface area contributed by atoms with Crippen LogP contribution in [0.4, 0.5) is 4.39 Å². The number of benzene rings is 2. The molecule has 6 nitrogen and oxygen atoms in total. The molecule has 0 saturated carbocycles. The summed E-state index contributed by atoms with van der Waals surface area (Å²) in [5, 5.41) is 2.77. The number of aliphatic imine (C=N–C) groups is 1. The largest absolute Gasteiger partial charge is 0.354 e. The maximum atomic E-state index is 13.7. The van der Waals surface area contributed by atoms with Crippen molar-refractivity contribution in [1.29, 1.82) is 0 Å². The summed E-state index contributed by atoms with van der Waals surface area (Å²) >= 11 is 0. The van der Waals surface area contributed by atoms with Crippen molar-refractivity contribution in [3.63, 3.8) is 0 Å². The van der Waals surface area contributed by atoms with Gasteiger partial charge in [0.1, 0.15) is 17.7 Å². The molecule has 8 heteroatoms. The normalized spacial score (nSPS) is 17.2. The SMILES string of the molecule is CC(C)[C@H](N=C1NS(=O)(=O)c2ccccc21)C(=O)NCCc1ccccc1F. The van der Waals surface area contributed by atoms with Crippen LogP contribution in [0.3, 0.4) is 0 Å². The second kappa shape index (κ2) is 8.10. The van der Waals surface area contributed by atoms with Gasteiger partial charge in [0.25, 0.3) is 10.0 Å². The number of carbonyl (C=O) groups excluding carboxylic acids is 1. The van der Waals surface area contributed by atoms with Gasteiger partial charge in [-0.25, -0.2) is 12.8 Å². The zero-order valence-corrected chi connectivity index (χ0v) is 16.5. The maximum absolute atomic E-state index is 13.7. The molecule has 1 aliphatic heterocycles. The lowest BCUT2D eigenvalue weighted by molar-refractivity contribution is -0.123. The Labute approximate surface area is 163 Å². The molecule has 0 unspecified atom stereocenters. The van der Waals surface area contributed by atoms with Crippen molar-refractivity contribution in [3.05, 3.63) is 65.5 Å². The molecule has 28 heavy (non-hydrogen) atoms. The zero-order chi connectivity index (χ0) is 20.3. The van der Waals surface area contributed by atoms with Gasteiger partial charge in [-0.15, -0.1) is 0 Å². The molecule has 148 valence electrons. The van der Waals surface area contributed by atoms with E-state index in [4.69, 9.17) is 0 Å². The summed E-state index contributed by atoms with van der Waals surface area (Å²) in [7, 11) is -3.66. The van der Waals surface area contributed by atoms with Gasteiger partial charge >= 0.3 is 0 Å². The Kier molecular flexibility index (Phi) is 5.79. The average molecular weight is 403 g/mol. The second-order valence-corrected chi connectivity index (χ2v) is 8.55. The number of nitrogens with one attached hydrogen (secondary N) is 2. The van der Waals surface area contributed by atoms with Gasteiger partial charge in [0.05, 0.1) is 4.90 Å². The zero-order valence-electron chi connectivity index (χ0n) is 15.6. The van der Waals surface area contributed by atoms with E-state index in [1.54, 1.807) is 36.4 Å². The fraction of sp³-hybridized carbons (Fsp3) is 0.300. The Bertz CT molecular complexity index is 1020. The first-order valence-electron chi connectivity index (χ1n) is 9.01. The number of rotatable bonds is 6. The minimum Gasteiger partial charge on any atom is -0.354 e. The van der Waals surface area contributed by atoms with Crippen LogP contribution in [0.5, 0.6) is 0 Å². The van der Waals surface area contributed by atoms with Crippen LogP contribution in [0.1, 0.15) is 25.0 Å². The minimum atomic E-state index is -3.66. The van der Waals surface area contributed by atoms with Gasteiger partial charge in [-0.2, -0.15) is 0 Å². The number of sulfonamides is 1. The lowest BCUT2D eigenvalue weighted by Gasteiger charge is -2.17. The molecule has 1 amide bonds. The first-order chi connectivity index (χ1) is 13.3. The maximum Gasteiger partial charge on any atom is 0.263 e. The summed E-state index contributed by atoms with van der Waals surface area (Å²) in [5.74, 6) is -0.631. The fourth-order valence-electron chi connectivity index (χ4n) is 3.01. The van der Waals surface area contributed by atoms with Crippen LogP contribution in [0, 0.1) is 11.7 Å². The second-order valence-electron chi connectivity index (χ2n) is 6.90. The van der Waals surface area contributed by atoms with Crippen molar-refractivity contribution in [3.8, 4) is 0 Å². The highest BCUT2D eigenvalue weighted by Gasteiger charge is 2.32. The highest BCUT2D eigenvalue weighted by molar-refractivity contribution is 7.90.